The third kappa shape index (κ3) is 4.21. The van der Waals surface area contributed by atoms with Crippen LogP contribution in [0.2, 0.25) is 0 Å². The molecule has 1 aliphatic carbocycles. The molecule has 0 aliphatic heterocycles. The molecule has 1 aromatic heterocycles. The Balaban J connectivity index is 1.83. The van der Waals surface area contributed by atoms with Gasteiger partial charge in [-0.25, -0.2) is 13.1 Å². The Labute approximate surface area is 162 Å². The molecule has 0 bridgehead atoms. The van der Waals surface area contributed by atoms with Crippen LogP contribution < -0.4 is 4.72 Å². The molecule has 0 saturated heterocycles. The summed E-state index contributed by atoms with van der Waals surface area (Å²) in [6, 6.07) is 8.92. The predicted molar refractivity (Wildman–Crippen MR) is 103 cm³/mol. The number of thiophene rings is 1. The summed E-state index contributed by atoms with van der Waals surface area (Å²) < 4.78 is 28.0. The van der Waals surface area contributed by atoms with Crippen LogP contribution in [0.4, 0.5) is 5.69 Å². The number of aliphatic hydroxyl groups is 1. The predicted octanol–water partition coefficient (Wildman–Crippen LogP) is 3.50. The number of nitrogens with zero attached hydrogens (tertiary/aromatic N) is 1. The summed E-state index contributed by atoms with van der Waals surface area (Å²) in [4.78, 5) is 12.1. The molecule has 146 valence electrons. The van der Waals surface area contributed by atoms with E-state index in [1.54, 1.807) is 6.92 Å². The van der Waals surface area contributed by atoms with Crippen LogP contribution >= 0.6 is 11.3 Å². The van der Waals surface area contributed by atoms with E-state index >= 15 is 0 Å². The van der Waals surface area contributed by atoms with Crippen molar-refractivity contribution in [2.45, 2.75) is 49.0 Å². The molecular formula is C18H22N2O5S2. The summed E-state index contributed by atoms with van der Waals surface area (Å²) >= 11 is 1.52. The van der Waals surface area contributed by atoms with Crippen LogP contribution in [0.25, 0.3) is 0 Å². The Kier molecular flexibility index (Phi) is 5.66. The summed E-state index contributed by atoms with van der Waals surface area (Å²) in [6.07, 6.45) is 3.21. The number of non-ortho nitro benzene ring substituents is 1. The summed E-state index contributed by atoms with van der Waals surface area (Å²) in [7, 11) is -3.86. The summed E-state index contributed by atoms with van der Waals surface area (Å²) in [5, 5.41) is 20.7. The van der Waals surface area contributed by atoms with Gasteiger partial charge < -0.3 is 5.11 Å². The van der Waals surface area contributed by atoms with E-state index < -0.39 is 21.1 Å². The summed E-state index contributed by atoms with van der Waals surface area (Å²) in [5.74, 6) is 0. The van der Waals surface area contributed by atoms with Crippen molar-refractivity contribution in [1.82, 2.24) is 4.72 Å². The molecule has 0 radical (unpaired) electrons. The molecule has 3 rings (SSSR count). The Morgan fingerprint density at radius 1 is 1.30 bits per heavy atom. The third-order valence-corrected chi connectivity index (χ3v) is 7.96. The fourth-order valence-electron chi connectivity index (χ4n) is 3.51. The van der Waals surface area contributed by atoms with Crippen molar-refractivity contribution in [2.24, 2.45) is 0 Å². The highest BCUT2D eigenvalue weighted by atomic mass is 32.2. The van der Waals surface area contributed by atoms with Gasteiger partial charge in [0, 0.05) is 33.8 Å². The van der Waals surface area contributed by atoms with Crippen LogP contribution in [0.1, 0.15) is 48.5 Å². The van der Waals surface area contributed by atoms with Crippen molar-refractivity contribution in [2.75, 3.05) is 6.54 Å². The fraction of sp³-hybridized carbons (Fsp3) is 0.444. The van der Waals surface area contributed by atoms with Gasteiger partial charge in [-0.15, -0.1) is 11.3 Å². The lowest BCUT2D eigenvalue weighted by Crippen LogP contribution is -2.38. The number of hydrogen-bond donors (Lipinski definition) is 2. The second-order valence-corrected chi connectivity index (χ2v) is 9.83. The number of sulfonamides is 1. The average molecular weight is 411 g/mol. The largest absolute Gasteiger partial charge is 0.388 e. The van der Waals surface area contributed by atoms with Gasteiger partial charge >= 0.3 is 0 Å². The number of rotatable bonds is 7. The van der Waals surface area contributed by atoms with Gasteiger partial charge in [0.1, 0.15) is 0 Å². The third-order valence-electron chi connectivity index (χ3n) is 5.06. The first kappa shape index (κ1) is 19.9. The van der Waals surface area contributed by atoms with Crippen LogP contribution in [0.5, 0.6) is 0 Å². The Bertz CT molecular complexity index is 931. The number of nitro benzene ring substituents is 1. The van der Waals surface area contributed by atoms with Crippen LogP contribution in [-0.4, -0.2) is 25.0 Å². The Morgan fingerprint density at radius 2 is 2.00 bits per heavy atom. The lowest BCUT2D eigenvalue weighted by atomic mass is 9.85. The number of hydrogen-bond acceptors (Lipinski definition) is 6. The van der Waals surface area contributed by atoms with E-state index in [9.17, 15) is 23.6 Å². The first-order valence-electron chi connectivity index (χ1n) is 8.76. The molecule has 2 aromatic rings. The minimum atomic E-state index is -3.86. The van der Waals surface area contributed by atoms with Gasteiger partial charge in [-0.05, 0) is 38.0 Å². The van der Waals surface area contributed by atoms with Gasteiger partial charge in [-0.1, -0.05) is 18.9 Å². The van der Waals surface area contributed by atoms with Gasteiger partial charge in [0.25, 0.3) is 5.69 Å². The maximum atomic E-state index is 12.7. The highest BCUT2D eigenvalue weighted by Gasteiger charge is 2.38. The van der Waals surface area contributed by atoms with Crippen molar-refractivity contribution >= 4 is 27.0 Å². The zero-order valence-electron chi connectivity index (χ0n) is 14.9. The quantitative estimate of drug-likeness (QED) is 0.536. The van der Waals surface area contributed by atoms with E-state index in [0.29, 0.717) is 0 Å². The van der Waals surface area contributed by atoms with Gasteiger partial charge in [-0.2, -0.15) is 0 Å². The SMILES string of the molecule is CC(O)c1ccc(C2(CNS(=O)(=O)c3cccc([N+](=O)[O-])c3)CCCC2)s1. The Morgan fingerprint density at radius 3 is 2.59 bits per heavy atom. The average Bonchev–Trinajstić information content (AvgIpc) is 3.30. The van der Waals surface area contributed by atoms with Crippen LogP contribution in [0.3, 0.4) is 0 Å². The van der Waals surface area contributed by atoms with Crippen molar-refractivity contribution < 1.29 is 18.4 Å². The van der Waals surface area contributed by atoms with Crippen LogP contribution in [-0.2, 0) is 15.4 Å². The zero-order valence-corrected chi connectivity index (χ0v) is 16.6. The molecule has 9 heteroatoms. The molecule has 1 unspecified atom stereocenters. The summed E-state index contributed by atoms with van der Waals surface area (Å²) in [6.45, 7) is 1.94. The molecular weight excluding hydrogens is 388 g/mol. The molecule has 2 N–H and O–H groups in total. The van der Waals surface area contributed by atoms with Crippen molar-refractivity contribution in [3.8, 4) is 0 Å². The molecule has 1 heterocycles. The van der Waals surface area contributed by atoms with E-state index in [0.717, 1.165) is 41.5 Å². The maximum Gasteiger partial charge on any atom is 0.270 e. The normalized spacial score (nSPS) is 17.7. The molecule has 1 atom stereocenters. The van der Waals surface area contributed by atoms with Crippen LogP contribution in [0, 0.1) is 10.1 Å². The molecule has 27 heavy (non-hydrogen) atoms. The van der Waals surface area contributed by atoms with Gasteiger partial charge in [-0.3, -0.25) is 10.1 Å². The number of nitrogens with one attached hydrogen (secondary N) is 1. The van der Waals surface area contributed by atoms with Gasteiger partial charge in [0.2, 0.25) is 10.0 Å². The standard InChI is InChI=1S/C18H22N2O5S2/c1-13(21)16-7-8-17(26-16)18(9-2-3-10-18)12-19-27(24,25)15-6-4-5-14(11-15)20(22)23/h4-8,11,13,19,21H,2-3,9-10,12H2,1H3. The van der Waals surface area contributed by atoms with Gasteiger partial charge in [0.15, 0.2) is 0 Å². The molecule has 1 saturated carbocycles. The molecule has 0 spiro atoms. The fourth-order valence-corrected chi connectivity index (χ4v) is 5.86. The van der Waals surface area contributed by atoms with Crippen molar-refractivity contribution in [3.63, 3.8) is 0 Å². The zero-order chi connectivity index (χ0) is 19.7. The molecule has 1 aliphatic rings. The van der Waals surface area contributed by atoms with E-state index in [4.69, 9.17) is 0 Å². The number of nitro groups is 1. The highest BCUT2D eigenvalue weighted by molar-refractivity contribution is 7.89. The van der Waals surface area contributed by atoms with E-state index in [1.165, 1.54) is 29.5 Å². The first-order valence-corrected chi connectivity index (χ1v) is 11.1. The topological polar surface area (TPSA) is 110 Å². The van der Waals surface area contributed by atoms with E-state index in [-0.39, 0.29) is 22.5 Å². The lowest BCUT2D eigenvalue weighted by Gasteiger charge is -2.28. The molecule has 0 amide bonds. The first-order chi connectivity index (χ1) is 12.7. The summed E-state index contributed by atoms with van der Waals surface area (Å²) in [5.41, 5.74) is -0.556. The highest BCUT2D eigenvalue weighted by Crippen LogP contribution is 2.44. The van der Waals surface area contributed by atoms with Crippen LogP contribution in [0.15, 0.2) is 41.3 Å². The molecule has 7 nitrogen and oxygen atoms in total. The smallest absolute Gasteiger partial charge is 0.270 e. The number of aliphatic hydroxyl groups excluding tert-OH is 1. The second-order valence-electron chi connectivity index (χ2n) is 6.94. The minimum Gasteiger partial charge on any atom is -0.388 e. The van der Waals surface area contributed by atoms with Crippen molar-refractivity contribution in [1.29, 1.82) is 0 Å². The maximum absolute atomic E-state index is 12.7. The van der Waals surface area contributed by atoms with E-state index in [1.807, 2.05) is 12.1 Å². The number of benzene rings is 1. The van der Waals surface area contributed by atoms with Gasteiger partial charge in [0.05, 0.1) is 15.9 Å². The monoisotopic (exact) mass is 410 g/mol. The second kappa shape index (κ2) is 7.67. The molecule has 1 aromatic carbocycles. The van der Waals surface area contributed by atoms with E-state index in [2.05, 4.69) is 4.72 Å². The van der Waals surface area contributed by atoms with Crippen molar-refractivity contribution in [3.05, 3.63) is 56.3 Å². The minimum absolute atomic E-state index is 0.110. The Hall–Kier alpha value is -1.81. The lowest BCUT2D eigenvalue weighted by molar-refractivity contribution is -0.385. The molecule has 1 fully saturated rings.